The molecule has 1 fully saturated rings. The van der Waals surface area contributed by atoms with E-state index in [0.29, 0.717) is 56.1 Å². The molecule has 70 heavy (non-hydrogen) atoms. The molecule has 0 spiro atoms. The Hall–Kier alpha value is -6.87. The van der Waals surface area contributed by atoms with Crippen molar-refractivity contribution < 1.29 is 38.1 Å². The Morgan fingerprint density at radius 1 is 1.04 bits per heavy atom. The number of benzene rings is 3. The SMILES string of the molecule is CCn1c(-c2cnccc2COC)c2c3cc(ccc31)-c1cccc(c1)C[C@H](NC(=O)C(C(C)C)N(C)C(=O)CCN=C=Nc1ccc(OC)cc1OC)C(=O)N1CCC[C@H](N1)C(=O)OCC(C)(C)C2. The van der Waals surface area contributed by atoms with Gasteiger partial charge in [-0.05, 0) is 90.3 Å². The van der Waals surface area contributed by atoms with Gasteiger partial charge in [0.05, 0.1) is 45.7 Å². The van der Waals surface area contributed by atoms with Gasteiger partial charge in [0.1, 0.15) is 35.3 Å². The van der Waals surface area contributed by atoms with Gasteiger partial charge in [-0.25, -0.2) is 10.4 Å². The van der Waals surface area contributed by atoms with Gasteiger partial charge in [-0.1, -0.05) is 58.0 Å². The molecule has 6 bridgehead atoms. The maximum atomic E-state index is 14.7. The Labute approximate surface area is 410 Å². The van der Waals surface area contributed by atoms with Crippen molar-refractivity contribution in [3.05, 3.63) is 95.8 Å². The zero-order valence-electron chi connectivity index (χ0n) is 41.8. The summed E-state index contributed by atoms with van der Waals surface area (Å²) in [5, 5.41) is 5.56. The molecular formula is C54H66N8O8. The van der Waals surface area contributed by atoms with E-state index in [2.05, 4.69) is 87.4 Å². The number of hydrazine groups is 1. The van der Waals surface area contributed by atoms with Crippen molar-refractivity contribution >= 4 is 46.3 Å². The van der Waals surface area contributed by atoms with E-state index in [0.717, 1.165) is 50.0 Å². The second kappa shape index (κ2) is 22.7. The molecule has 2 N–H and O–H groups in total. The highest BCUT2D eigenvalue weighted by Crippen LogP contribution is 2.41. The lowest BCUT2D eigenvalue weighted by Gasteiger charge is -2.36. The summed E-state index contributed by atoms with van der Waals surface area (Å²) in [5.74, 6) is -0.871. The van der Waals surface area contributed by atoms with Crippen molar-refractivity contribution in [2.24, 2.45) is 21.3 Å². The predicted octanol–water partition coefficient (Wildman–Crippen LogP) is 7.58. The molecule has 7 rings (SSSR count). The Morgan fingerprint density at radius 2 is 1.84 bits per heavy atom. The lowest BCUT2D eigenvalue weighted by Crippen LogP contribution is -2.62. The molecule has 0 aliphatic carbocycles. The fourth-order valence-electron chi connectivity index (χ4n) is 9.53. The molecule has 3 amide bonds. The third-order valence-electron chi connectivity index (χ3n) is 13.0. The minimum absolute atomic E-state index is 0.00707. The first-order chi connectivity index (χ1) is 33.7. The third kappa shape index (κ3) is 11.6. The van der Waals surface area contributed by atoms with Crippen LogP contribution in [0.3, 0.4) is 0 Å². The number of nitrogens with zero attached hydrogens (tertiary/aromatic N) is 6. The number of pyridine rings is 1. The summed E-state index contributed by atoms with van der Waals surface area (Å²) in [6.45, 7) is 11.7. The zero-order valence-corrected chi connectivity index (χ0v) is 41.8. The number of nitrogens with one attached hydrogen (secondary N) is 2. The molecule has 3 aromatic carbocycles. The first-order valence-corrected chi connectivity index (χ1v) is 24.0. The molecule has 370 valence electrons. The van der Waals surface area contributed by atoms with Gasteiger partial charge < -0.3 is 33.7 Å². The Balaban J connectivity index is 1.21. The Bertz CT molecular complexity index is 2780. The molecule has 2 aliphatic heterocycles. The maximum absolute atomic E-state index is 14.7. The smallest absolute Gasteiger partial charge is 0.324 e. The largest absolute Gasteiger partial charge is 0.497 e. The molecule has 1 saturated heterocycles. The van der Waals surface area contributed by atoms with Crippen LogP contribution in [0, 0.1) is 11.3 Å². The number of rotatable bonds is 14. The first kappa shape index (κ1) is 51.0. The number of methoxy groups -OCH3 is 3. The number of amides is 3. The molecule has 1 unspecified atom stereocenters. The van der Waals surface area contributed by atoms with Crippen LogP contribution in [0.1, 0.15) is 70.6 Å². The summed E-state index contributed by atoms with van der Waals surface area (Å²) >= 11 is 0. The van der Waals surface area contributed by atoms with Crippen LogP contribution in [0.5, 0.6) is 11.5 Å². The van der Waals surface area contributed by atoms with E-state index in [9.17, 15) is 19.2 Å². The number of hydrogen-bond acceptors (Lipinski definition) is 12. The van der Waals surface area contributed by atoms with Crippen LogP contribution in [0.4, 0.5) is 5.69 Å². The van der Waals surface area contributed by atoms with Crippen LogP contribution < -0.4 is 20.2 Å². The summed E-state index contributed by atoms with van der Waals surface area (Å²) in [4.78, 5) is 71.2. The number of carbonyl (C=O) groups excluding carboxylic acids is 4. The van der Waals surface area contributed by atoms with Crippen LogP contribution in [0.2, 0.25) is 0 Å². The summed E-state index contributed by atoms with van der Waals surface area (Å²) in [6.07, 6.45) is 5.43. The highest BCUT2D eigenvalue weighted by molar-refractivity contribution is 5.96. The lowest BCUT2D eigenvalue weighted by molar-refractivity contribution is -0.155. The zero-order chi connectivity index (χ0) is 50.1. The average Bonchev–Trinajstić information content (AvgIpc) is 3.66. The molecule has 16 heteroatoms. The van der Waals surface area contributed by atoms with E-state index in [1.807, 2.05) is 38.2 Å². The molecule has 3 atom stereocenters. The van der Waals surface area contributed by atoms with E-state index in [1.165, 1.54) is 17.0 Å². The van der Waals surface area contributed by atoms with Crippen LogP contribution >= 0.6 is 0 Å². The molecule has 0 saturated carbocycles. The lowest BCUT2D eigenvalue weighted by atomic mass is 9.84. The minimum Gasteiger partial charge on any atom is -0.497 e. The summed E-state index contributed by atoms with van der Waals surface area (Å²) < 4.78 is 24.7. The van der Waals surface area contributed by atoms with Gasteiger partial charge in [0.2, 0.25) is 11.8 Å². The van der Waals surface area contributed by atoms with Crippen LogP contribution in [-0.4, -0.2) is 115 Å². The number of ether oxygens (including phenoxy) is 4. The number of aliphatic imine (C=N–C) groups is 2. The summed E-state index contributed by atoms with van der Waals surface area (Å²) in [6, 6.07) is 21.5. The van der Waals surface area contributed by atoms with Gasteiger partial charge in [0, 0.05) is 80.4 Å². The highest BCUT2D eigenvalue weighted by atomic mass is 16.5. The molecule has 2 aliphatic rings. The molecule has 0 radical (unpaired) electrons. The van der Waals surface area contributed by atoms with E-state index in [-0.39, 0.29) is 37.8 Å². The number of likely N-dealkylation sites (N-methyl/N-ethyl adjacent to an activating group) is 1. The Morgan fingerprint density at radius 3 is 2.59 bits per heavy atom. The van der Waals surface area contributed by atoms with Crippen LogP contribution in [0.25, 0.3) is 33.3 Å². The fourth-order valence-corrected chi connectivity index (χ4v) is 9.53. The number of cyclic esters (lactones) is 1. The van der Waals surface area contributed by atoms with Crippen molar-refractivity contribution in [1.29, 1.82) is 0 Å². The molecule has 2 aromatic heterocycles. The Kier molecular flexibility index (Phi) is 16.5. The van der Waals surface area contributed by atoms with E-state index in [1.54, 1.807) is 45.7 Å². The number of esters is 1. The van der Waals surface area contributed by atoms with Crippen molar-refractivity contribution in [3.8, 4) is 33.9 Å². The molecule has 16 nitrogen and oxygen atoms in total. The maximum Gasteiger partial charge on any atom is 0.324 e. The topological polar surface area (TPSA) is 178 Å². The van der Waals surface area contributed by atoms with E-state index in [4.69, 9.17) is 18.9 Å². The predicted molar refractivity (Wildman–Crippen MR) is 269 cm³/mol. The average molecular weight is 955 g/mol. The second-order valence-corrected chi connectivity index (χ2v) is 19.1. The number of hydrogen-bond donors (Lipinski definition) is 2. The summed E-state index contributed by atoms with van der Waals surface area (Å²) in [5.41, 5.74) is 11.1. The molecule has 5 aromatic rings. The van der Waals surface area contributed by atoms with Gasteiger partial charge >= 0.3 is 5.97 Å². The van der Waals surface area contributed by atoms with Crippen molar-refractivity contribution in [2.45, 2.75) is 98.0 Å². The number of fused-ring (bicyclic) bond motifs is 6. The van der Waals surface area contributed by atoms with Gasteiger partial charge in [0.25, 0.3) is 5.91 Å². The highest BCUT2D eigenvalue weighted by Gasteiger charge is 2.37. The first-order valence-electron chi connectivity index (χ1n) is 24.0. The monoisotopic (exact) mass is 955 g/mol. The van der Waals surface area contributed by atoms with Gasteiger partial charge in [0.15, 0.2) is 0 Å². The summed E-state index contributed by atoms with van der Waals surface area (Å²) in [7, 11) is 6.36. The third-order valence-corrected chi connectivity index (χ3v) is 13.0. The minimum atomic E-state index is -1.06. The van der Waals surface area contributed by atoms with Crippen molar-refractivity contribution in [1.82, 2.24) is 30.2 Å². The van der Waals surface area contributed by atoms with Crippen LogP contribution in [0.15, 0.2) is 89.1 Å². The number of aryl methyl sites for hydroxylation is 1. The van der Waals surface area contributed by atoms with Crippen molar-refractivity contribution in [3.63, 3.8) is 0 Å². The van der Waals surface area contributed by atoms with Gasteiger partial charge in [-0.3, -0.25) is 29.2 Å². The fraction of sp³-hybridized carbons (Fsp3) is 0.444. The standard InChI is InChI=1S/C54H66N8O8/c1-10-61-46-19-16-37-27-40(46)41(50(61)42-30-55-22-20-38(42)31-67-7)29-54(4,5)32-70-53(66)44-15-12-24-62(59-44)52(65)45(26-35-13-11-14-36(37)25-35)58-51(64)49(34(2)3)60(6)48(63)21-23-56-33-57-43-18-17-39(68-8)28-47(43)69-9/h11,13-14,16-20,22,25,27-28,30,34,44-45,49,59H,10,12,15,21,23-24,26,29,31-32H2,1-9H3,(H,58,64)/t44-,45-,49?/m0/s1. The van der Waals surface area contributed by atoms with E-state index < -0.39 is 41.3 Å². The second-order valence-electron chi connectivity index (χ2n) is 19.1. The normalized spacial score (nSPS) is 17.5. The van der Waals surface area contributed by atoms with Gasteiger partial charge in [-0.2, -0.15) is 4.99 Å². The van der Waals surface area contributed by atoms with Gasteiger partial charge in [-0.15, -0.1) is 0 Å². The number of carbonyl (C=O) groups is 4. The molecular weight excluding hydrogens is 889 g/mol. The van der Waals surface area contributed by atoms with E-state index >= 15 is 0 Å². The quantitative estimate of drug-likeness (QED) is 0.0833. The van der Waals surface area contributed by atoms with Crippen LogP contribution in [-0.2, 0) is 54.6 Å². The molecule has 4 heterocycles. The number of aromatic nitrogens is 2. The van der Waals surface area contributed by atoms with Crippen molar-refractivity contribution in [2.75, 3.05) is 48.1 Å².